The van der Waals surface area contributed by atoms with Crippen LogP contribution in [0.3, 0.4) is 0 Å². The fourth-order valence-corrected chi connectivity index (χ4v) is 3.07. The Hall–Kier alpha value is -4.06. The molecule has 3 aromatic carbocycles. The Kier molecular flexibility index (Phi) is 5.22. The topological polar surface area (TPSA) is 71.1 Å². The van der Waals surface area contributed by atoms with Gasteiger partial charge in [-0.2, -0.15) is 0 Å². The number of Topliss-reactive ketones (excluding diaryl/α,β-unsaturated/α-hetero) is 1. The van der Waals surface area contributed by atoms with Gasteiger partial charge in [0, 0.05) is 11.6 Å². The van der Waals surface area contributed by atoms with E-state index in [0.29, 0.717) is 28.4 Å². The van der Waals surface area contributed by atoms with Crippen molar-refractivity contribution in [3.63, 3.8) is 0 Å². The summed E-state index contributed by atoms with van der Waals surface area (Å²) < 4.78 is 21.6. The maximum Gasteiger partial charge on any atom is 0.343 e. The van der Waals surface area contributed by atoms with Gasteiger partial charge in [0.05, 0.1) is 25.3 Å². The van der Waals surface area contributed by atoms with Crippen LogP contribution in [-0.4, -0.2) is 26.0 Å². The molecule has 6 heteroatoms. The molecule has 0 fully saturated rings. The van der Waals surface area contributed by atoms with Crippen molar-refractivity contribution in [2.75, 3.05) is 14.2 Å². The molecular weight excluding hydrogens is 384 g/mol. The summed E-state index contributed by atoms with van der Waals surface area (Å²) in [6, 6.07) is 18.6. The van der Waals surface area contributed by atoms with E-state index in [1.165, 1.54) is 13.2 Å². The number of rotatable bonds is 5. The van der Waals surface area contributed by atoms with Crippen molar-refractivity contribution in [1.82, 2.24) is 0 Å². The van der Waals surface area contributed by atoms with E-state index in [2.05, 4.69) is 0 Å². The standard InChI is InChI=1S/C24H18O6/c1-27-17-8-5-7-16(12-17)24(26)29-18-10-11-19-21(14-18)30-22(23(19)25)13-15-6-3-4-9-20(15)28-2/h3-14H,1-2H3/b22-13-. The predicted octanol–water partition coefficient (Wildman–Crippen LogP) is 4.54. The third-order valence-electron chi connectivity index (χ3n) is 4.58. The van der Waals surface area contributed by atoms with Crippen LogP contribution in [0.4, 0.5) is 0 Å². The van der Waals surface area contributed by atoms with Crippen LogP contribution in [0.15, 0.2) is 72.5 Å². The molecule has 6 nitrogen and oxygen atoms in total. The van der Waals surface area contributed by atoms with Gasteiger partial charge in [0.2, 0.25) is 5.78 Å². The van der Waals surface area contributed by atoms with Crippen molar-refractivity contribution in [2.24, 2.45) is 0 Å². The van der Waals surface area contributed by atoms with Gasteiger partial charge in [0.25, 0.3) is 0 Å². The van der Waals surface area contributed by atoms with Crippen LogP contribution in [0.2, 0.25) is 0 Å². The molecule has 0 N–H and O–H groups in total. The average molecular weight is 402 g/mol. The lowest BCUT2D eigenvalue weighted by Crippen LogP contribution is -2.08. The van der Waals surface area contributed by atoms with E-state index in [9.17, 15) is 9.59 Å². The van der Waals surface area contributed by atoms with Crippen LogP contribution in [0.5, 0.6) is 23.0 Å². The monoisotopic (exact) mass is 402 g/mol. The van der Waals surface area contributed by atoms with Crippen molar-refractivity contribution < 1.29 is 28.5 Å². The molecule has 0 aromatic heterocycles. The number of hydrogen-bond acceptors (Lipinski definition) is 6. The molecule has 150 valence electrons. The third kappa shape index (κ3) is 3.75. The third-order valence-corrected chi connectivity index (χ3v) is 4.58. The average Bonchev–Trinajstić information content (AvgIpc) is 3.08. The van der Waals surface area contributed by atoms with Gasteiger partial charge in [0.15, 0.2) is 5.76 Å². The maximum atomic E-state index is 12.7. The molecule has 1 aliphatic rings. The van der Waals surface area contributed by atoms with Crippen LogP contribution >= 0.6 is 0 Å². The van der Waals surface area contributed by atoms with E-state index < -0.39 is 5.97 Å². The summed E-state index contributed by atoms with van der Waals surface area (Å²) in [4.78, 5) is 25.1. The molecule has 1 heterocycles. The van der Waals surface area contributed by atoms with Crippen LogP contribution < -0.4 is 18.9 Å². The summed E-state index contributed by atoms with van der Waals surface area (Å²) in [5.74, 6) is 1.17. The minimum Gasteiger partial charge on any atom is -0.497 e. The zero-order valence-electron chi connectivity index (χ0n) is 16.4. The van der Waals surface area contributed by atoms with Crippen molar-refractivity contribution >= 4 is 17.8 Å². The van der Waals surface area contributed by atoms with Gasteiger partial charge in [-0.1, -0.05) is 24.3 Å². The van der Waals surface area contributed by atoms with Gasteiger partial charge in [-0.25, -0.2) is 4.79 Å². The molecule has 0 atom stereocenters. The van der Waals surface area contributed by atoms with Gasteiger partial charge < -0.3 is 18.9 Å². The van der Waals surface area contributed by atoms with Gasteiger partial charge in [-0.05, 0) is 42.5 Å². The quantitative estimate of drug-likeness (QED) is 0.355. The first kappa shape index (κ1) is 19.3. The lowest BCUT2D eigenvalue weighted by Gasteiger charge is -2.07. The minimum absolute atomic E-state index is 0.172. The summed E-state index contributed by atoms with van der Waals surface area (Å²) in [6.45, 7) is 0. The fourth-order valence-electron chi connectivity index (χ4n) is 3.07. The zero-order valence-corrected chi connectivity index (χ0v) is 16.4. The predicted molar refractivity (Wildman–Crippen MR) is 110 cm³/mol. The molecule has 0 aliphatic carbocycles. The SMILES string of the molecule is COc1cccc(C(=O)Oc2ccc3c(c2)O/C(=C\c2ccccc2OC)C3=O)c1. The molecule has 0 unspecified atom stereocenters. The highest BCUT2D eigenvalue weighted by atomic mass is 16.5. The number of fused-ring (bicyclic) bond motifs is 1. The molecular formula is C24H18O6. The molecule has 0 bridgehead atoms. The van der Waals surface area contributed by atoms with Crippen molar-refractivity contribution in [3.8, 4) is 23.0 Å². The molecule has 0 amide bonds. The first-order valence-corrected chi connectivity index (χ1v) is 9.16. The van der Waals surface area contributed by atoms with Crippen LogP contribution in [0, 0.1) is 0 Å². The van der Waals surface area contributed by atoms with Crippen LogP contribution in [0.25, 0.3) is 6.08 Å². The van der Waals surface area contributed by atoms with E-state index in [0.717, 1.165) is 5.56 Å². The lowest BCUT2D eigenvalue weighted by molar-refractivity contribution is 0.0734. The minimum atomic E-state index is -0.539. The second-order valence-electron chi connectivity index (χ2n) is 6.46. The Balaban J connectivity index is 1.56. The molecule has 0 radical (unpaired) electrons. The van der Waals surface area contributed by atoms with Crippen molar-refractivity contribution in [1.29, 1.82) is 0 Å². The molecule has 0 saturated carbocycles. The van der Waals surface area contributed by atoms with E-state index >= 15 is 0 Å². The highest BCUT2D eigenvalue weighted by molar-refractivity contribution is 6.14. The lowest BCUT2D eigenvalue weighted by atomic mass is 10.1. The Bertz CT molecular complexity index is 1160. The van der Waals surface area contributed by atoms with Crippen molar-refractivity contribution in [3.05, 3.63) is 89.2 Å². The largest absolute Gasteiger partial charge is 0.497 e. The van der Waals surface area contributed by atoms with E-state index in [1.807, 2.05) is 18.2 Å². The Morgan fingerprint density at radius 1 is 0.900 bits per heavy atom. The number of ketones is 1. The highest BCUT2D eigenvalue weighted by Crippen LogP contribution is 2.36. The number of carbonyl (C=O) groups is 2. The Morgan fingerprint density at radius 2 is 1.73 bits per heavy atom. The fraction of sp³-hybridized carbons (Fsp3) is 0.0833. The smallest absolute Gasteiger partial charge is 0.343 e. The summed E-state index contributed by atoms with van der Waals surface area (Å²) >= 11 is 0. The molecule has 3 aromatic rings. The number of benzene rings is 3. The zero-order chi connectivity index (χ0) is 21.1. The number of allylic oxidation sites excluding steroid dienone is 1. The van der Waals surface area contributed by atoms with E-state index in [4.69, 9.17) is 18.9 Å². The summed E-state index contributed by atoms with van der Waals surface area (Å²) in [5.41, 5.74) is 1.47. The molecule has 1 aliphatic heterocycles. The van der Waals surface area contributed by atoms with Gasteiger partial charge >= 0.3 is 5.97 Å². The number of methoxy groups -OCH3 is 2. The van der Waals surface area contributed by atoms with Gasteiger partial charge in [0.1, 0.15) is 23.0 Å². The second kappa shape index (κ2) is 8.13. The summed E-state index contributed by atoms with van der Waals surface area (Å²) in [5, 5.41) is 0. The Morgan fingerprint density at radius 3 is 2.53 bits per heavy atom. The Labute approximate surface area is 173 Å². The van der Waals surface area contributed by atoms with Crippen LogP contribution in [0.1, 0.15) is 26.3 Å². The first-order valence-electron chi connectivity index (χ1n) is 9.16. The van der Waals surface area contributed by atoms with E-state index in [-0.39, 0.29) is 17.3 Å². The van der Waals surface area contributed by atoms with Gasteiger partial charge in [-0.3, -0.25) is 4.79 Å². The maximum absolute atomic E-state index is 12.7. The first-order chi connectivity index (χ1) is 14.6. The molecule has 4 rings (SSSR count). The summed E-state index contributed by atoms with van der Waals surface area (Å²) in [7, 11) is 3.09. The number of carbonyl (C=O) groups excluding carboxylic acids is 2. The molecule has 0 saturated heterocycles. The van der Waals surface area contributed by atoms with Crippen molar-refractivity contribution in [2.45, 2.75) is 0 Å². The number of ether oxygens (including phenoxy) is 4. The number of hydrogen-bond donors (Lipinski definition) is 0. The number of esters is 1. The molecule has 30 heavy (non-hydrogen) atoms. The number of para-hydroxylation sites is 1. The summed E-state index contributed by atoms with van der Waals surface area (Å²) in [6.07, 6.45) is 1.63. The highest BCUT2D eigenvalue weighted by Gasteiger charge is 2.28. The normalized spacial score (nSPS) is 13.5. The van der Waals surface area contributed by atoms with Crippen LogP contribution in [-0.2, 0) is 0 Å². The second-order valence-corrected chi connectivity index (χ2v) is 6.46. The van der Waals surface area contributed by atoms with Gasteiger partial charge in [-0.15, -0.1) is 0 Å². The van der Waals surface area contributed by atoms with E-state index in [1.54, 1.807) is 55.7 Å². The molecule has 0 spiro atoms.